The lowest BCUT2D eigenvalue weighted by Crippen LogP contribution is -2.26. The molecule has 1 aliphatic heterocycles. The van der Waals surface area contributed by atoms with Crippen molar-refractivity contribution in [3.05, 3.63) is 34.1 Å². The van der Waals surface area contributed by atoms with Crippen LogP contribution >= 0.6 is 15.9 Å². The van der Waals surface area contributed by atoms with Crippen LogP contribution in [0.4, 0.5) is 4.39 Å². The number of benzene rings is 1. The van der Waals surface area contributed by atoms with Gasteiger partial charge < -0.3 is 10.2 Å². The summed E-state index contributed by atoms with van der Waals surface area (Å²) in [5.74, 6) is 0.557. The molecule has 0 spiro atoms. The van der Waals surface area contributed by atoms with Gasteiger partial charge in [-0.25, -0.2) is 4.39 Å². The highest BCUT2D eigenvalue weighted by atomic mass is 79.9. The van der Waals surface area contributed by atoms with E-state index in [2.05, 4.69) is 33.1 Å². The molecule has 1 fully saturated rings. The largest absolute Gasteiger partial charge is 0.312 e. The highest BCUT2D eigenvalue weighted by molar-refractivity contribution is 9.10. The Morgan fingerprint density at radius 2 is 2.28 bits per heavy atom. The van der Waals surface area contributed by atoms with Crippen molar-refractivity contribution in [2.24, 2.45) is 5.92 Å². The third kappa shape index (κ3) is 4.04. The van der Waals surface area contributed by atoms with Crippen LogP contribution in [-0.2, 0) is 6.54 Å². The summed E-state index contributed by atoms with van der Waals surface area (Å²) in [5, 5.41) is 3.43. The Labute approximate surface area is 117 Å². The van der Waals surface area contributed by atoms with Crippen molar-refractivity contribution in [3.8, 4) is 0 Å². The maximum absolute atomic E-state index is 13.2. The summed E-state index contributed by atoms with van der Waals surface area (Å²) in [5.41, 5.74) is 0.993. The molecule has 1 aromatic rings. The van der Waals surface area contributed by atoms with Gasteiger partial charge in [-0.1, -0.05) is 22.9 Å². The number of likely N-dealkylation sites (tertiary alicyclic amines) is 1. The molecule has 0 amide bonds. The van der Waals surface area contributed by atoms with Crippen molar-refractivity contribution in [3.63, 3.8) is 0 Å². The second-order valence-electron chi connectivity index (χ2n) is 4.96. The first-order chi connectivity index (χ1) is 8.67. The minimum Gasteiger partial charge on any atom is -0.312 e. The molecule has 1 aromatic carbocycles. The number of rotatable bonds is 5. The fourth-order valence-electron chi connectivity index (χ4n) is 2.50. The fraction of sp³-hybridized carbons (Fsp3) is 0.571. The number of hydrogen-bond acceptors (Lipinski definition) is 2. The van der Waals surface area contributed by atoms with Gasteiger partial charge in [-0.05, 0) is 55.7 Å². The molecule has 1 heterocycles. The highest BCUT2D eigenvalue weighted by Gasteiger charge is 2.20. The molecule has 18 heavy (non-hydrogen) atoms. The summed E-state index contributed by atoms with van der Waals surface area (Å²) in [6.45, 7) is 7.52. The van der Waals surface area contributed by atoms with Gasteiger partial charge in [0.05, 0.1) is 0 Å². The van der Waals surface area contributed by atoms with Crippen molar-refractivity contribution >= 4 is 15.9 Å². The van der Waals surface area contributed by atoms with Crippen LogP contribution in [0.1, 0.15) is 18.9 Å². The molecule has 1 aliphatic rings. The van der Waals surface area contributed by atoms with Crippen LogP contribution in [0.2, 0.25) is 0 Å². The predicted octanol–water partition coefficient (Wildman–Crippen LogP) is 3.02. The fourth-order valence-corrected chi connectivity index (χ4v) is 3.01. The van der Waals surface area contributed by atoms with Crippen molar-refractivity contribution in [1.29, 1.82) is 0 Å². The van der Waals surface area contributed by atoms with Crippen LogP contribution in [0.5, 0.6) is 0 Å². The zero-order valence-electron chi connectivity index (χ0n) is 10.8. The summed E-state index contributed by atoms with van der Waals surface area (Å²) in [6, 6.07) is 5.04. The minimum absolute atomic E-state index is 0.181. The van der Waals surface area contributed by atoms with Crippen LogP contribution < -0.4 is 5.32 Å². The van der Waals surface area contributed by atoms with Crippen molar-refractivity contribution < 1.29 is 4.39 Å². The van der Waals surface area contributed by atoms with Crippen LogP contribution in [0, 0.1) is 11.7 Å². The van der Waals surface area contributed by atoms with Crippen LogP contribution in [0.3, 0.4) is 0 Å². The average Bonchev–Trinajstić information content (AvgIpc) is 2.76. The van der Waals surface area contributed by atoms with E-state index in [4.69, 9.17) is 0 Å². The third-order valence-electron chi connectivity index (χ3n) is 3.50. The Hall–Kier alpha value is -0.450. The van der Waals surface area contributed by atoms with Crippen molar-refractivity contribution in [1.82, 2.24) is 10.2 Å². The molecule has 0 aromatic heterocycles. The van der Waals surface area contributed by atoms with E-state index in [1.54, 1.807) is 6.07 Å². The molecule has 100 valence electrons. The summed E-state index contributed by atoms with van der Waals surface area (Å²) in [6.07, 6.45) is 1.27. The highest BCUT2D eigenvalue weighted by Crippen LogP contribution is 2.16. The van der Waals surface area contributed by atoms with Gasteiger partial charge in [-0.15, -0.1) is 0 Å². The second kappa shape index (κ2) is 6.64. The lowest BCUT2D eigenvalue weighted by molar-refractivity contribution is 0.339. The van der Waals surface area contributed by atoms with E-state index in [9.17, 15) is 4.39 Å². The van der Waals surface area contributed by atoms with E-state index in [1.807, 2.05) is 6.07 Å². The maximum Gasteiger partial charge on any atom is 0.124 e. The summed E-state index contributed by atoms with van der Waals surface area (Å²) in [4.78, 5) is 2.48. The maximum atomic E-state index is 13.2. The minimum atomic E-state index is -0.181. The van der Waals surface area contributed by atoms with E-state index in [0.29, 0.717) is 0 Å². The molecule has 4 heteroatoms. The molecule has 1 atom stereocenters. The number of halogens is 2. The van der Waals surface area contributed by atoms with Crippen LogP contribution in [0.15, 0.2) is 22.7 Å². The van der Waals surface area contributed by atoms with Gasteiger partial charge >= 0.3 is 0 Å². The van der Waals surface area contributed by atoms with E-state index < -0.39 is 0 Å². The molecule has 0 bridgehead atoms. The Bertz CT molecular complexity index is 377. The molecule has 1 saturated heterocycles. The zero-order chi connectivity index (χ0) is 13.0. The Morgan fingerprint density at radius 3 is 2.94 bits per heavy atom. The molecule has 0 aliphatic carbocycles. The van der Waals surface area contributed by atoms with E-state index in [0.717, 1.165) is 35.6 Å². The molecular formula is C14H20BrFN2. The van der Waals surface area contributed by atoms with Gasteiger partial charge in [0.15, 0.2) is 0 Å². The molecule has 1 N–H and O–H groups in total. The predicted molar refractivity (Wildman–Crippen MR) is 76.0 cm³/mol. The number of nitrogens with one attached hydrogen (secondary N) is 1. The monoisotopic (exact) mass is 314 g/mol. The zero-order valence-corrected chi connectivity index (χ0v) is 12.3. The van der Waals surface area contributed by atoms with Crippen LogP contribution in [0.25, 0.3) is 0 Å². The Kier molecular flexibility index (Phi) is 5.15. The van der Waals surface area contributed by atoms with Gasteiger partial charge in [0, 0.05) is 17.6 Å². The lowest BCUT2D eigenvalue weighted by Gasteiger charge is -2.13. The van der Waals surface area contributed by atoms with Crippen molar-refractivity contribution in [2.75, 3.05) is 26.2 Å². The number of nitrogens with zero attached hydrogens (tertiary/aromatic N) is 1. The summed E-state index contributed by atoms with van der Waals surface area (Å²) in [7, 11) is 0. The molecule has 0 radical (unpaired) electrons. The topological polar surface area (TPSA) is 15.3 Å². The molecule has 1 unspecified atom stereocenters. The quantitative estimate of drug-likeness (QED) is 0.898. The SMILES string of the molecule is CCN1CCC(CNCc2cc(F)cc(Br)c2)C1. The average molecular weight is 315 g/mol. The first-order valence-electron chi connectivity index (χ1n) is 6.55. The molecule has 2 rings (SSSR count). The number of hydrogen-bond donors (Lipinski definition) is 1. The van der Waals surface area contributed by atoms with Gasteiger partial charge in [-0.3, -0.25) is 0 Å². The first kappa shape index (κ1) is 14.0. The van der Waals surface area contributed by atoms with Gasteiger partial charge in [-0.2, -0.15) is 0 Å². The van der Waals surface area contributed by atoms with Gasteiger partial charge in [0.2, 0.25) is 0 Å². The van der Waals surface area contributed by atoms with Crippen molar-refractivity contribution in [2.45, 2.75) is 19.9 Å². The second-order valence-corrected chi connectivity index (χ2v) is 5.87. The molecular weight excluding hydrogens is 295 g/mol. The van der Waals surface area contributed by atoms with E-state index in [1.165, 1.54) is 25.6 Å². The lowest BCUT2D eigenvalue weighted by atomic mass is 10.1. The Morgan fingerprint density at radius 1 is 1.44 bits per heavy atom. The molecule has 0 saturated carbocycles. The smallest absolute Gasteiger partial charge is 0.124 e. The third-order valence-corrected chi connectivity index (χ3v) is 3.96. The van der Waals surface area contributed by atoms with E-state index >= 15 is 0 Å². The van der Waals surface area contributed by atoms with E-state index in [-0.39, 0.29) is 5.82 Å². The normalized spacial score (nSPS) is 20.5. The van der Waals surface area contributed by atoms with Gasteiger partial charge in [0.25, 0.3) is 0 Å². The molecule has 2 nitrogen and oxygen atoms in total. The summed E-state index contributed by atoms with van der Waals surface area (Å²) < 4.78 is 14.0. The Balaban J connectivity index is 1.75. The van der Waals surface area contributed by atoms with Crippen LogP contribution in [-0.4, -0.2) is 31.1 Å². The summed E-state index contributed by atoms with van der Waals surface area (Å²) >= 11 is 3.31. The first-order valence-corrected chi connectivity index (χ1v) is 7.34. The van der Waals surface area contributed by atoms with Gasteiger partial charge in [0.1, 0.15) is 5.82 Å². The standard InChI is InChI=1S/C14H20BrFN2/c1-2-18-4-3-11(10-18)8-17-9-12-5-13(15)7-14(16)6-12/h5-7,11,17H,2-4,8-10H2,1H3.